The molecule has 6 heterocycles. The number of anilines is 1. The molecule has 5 aliphatic heterocycles. The second-order valence-electron chi connectivity index (χ2n) is 17.7. The average Bonchev–Trinajstić information content (AvgIpc) is 3.86. The number of carbonyl (C=O) groups excluding carboxylic acids is 2. The van der Waals surface area contributed by atoms with Gasteiger partial charge in [0.15, 0.2) is 5.60 Å². The Balaban J connectivity index is 1.36. The summed E-state index contributed by atoms with van der Waals surface area (Å²) in [6.45, 7) is 9.01. The number of fused-ring (bicyclic) bond motifs is 6. The van der Waals surface area contributed by atoms with Crippen molar-refractivity contribution in [3.63, 3.8) is 0 Å². The molecule has 1 aromatic heterocycles. The summed E-state index contributed by atoms with van der Waals surface area (Å²) in [4.78, 5) is 40.5. The number of aromatic amines is 1. The van der Waals surface area contributed by atoms with Crippen molar-refractivity contribution in [2.75, 3.05) is 66.0 Å². The summed E-state index contributed by atoms with van der Waals surface area (Å²) in [5.41, 5.74) is 3.36. The molecule has 1 spiro atoms. The Labute approximate surface area is 325 Å². The van der Waals surface area contributed by atoms with Crippen molar-refractivity contribution in [2.24, 2.45) is 11.3 Å². The SMILES string of the molecule is CCC[C@]12CCCN3CC[C@@]4(c5cc([C@@]6(C(=O)OC)C[C@@H]7C=C(CC)CN(CCc8c6[nH]c6ccccc86)C7)c(OC)cc5N(C)[C@H]4[C@@](O)(C(=O)OC)C1)[C@@H]32. The molecule has 1 unspecified atom stereocenters. The Morgan fingerprint density at radius 3 is 2.53 bits per heavy atom. The predicted octanol–water partition coefficient (Wildman–Crippen LogP) is 5.87. The molecular formula is C45H58N4O6. The molecule has 55 heavy (non-hydrogen) atoms. The van der Waals surface area contributed by atoms with Crippen molar-refractivity contribution >= 4 is 28.5 Å². The Morgan fingerprint density at radius 2 is 1.78 bits per heavy atom. The van der Waals surface area contributed by atoms with Crippen molar-refractivity contribution < 1.29 is 28.9 Å². The van der Waals surface area contributed by atoms with Gasteiger partial charge in [-0.3, -0.25) is 14.6 Å². The number of piperidine rings is 1. The van der Waals surface area contributed by atoms with E-state index in [4.69, 9.17) is 14.2 Å². The summed E-state index contributed by atoms with van der Waals surface area (Å²) < 4.78 is 17.9. The number of rotatable bonds is 7. The van der Waals surface area contributed by atoms with Crippen molar-refractivity contribution in [2.45, 2.75) is 100 Å². The van der Waals surface area contributed by atoms with Crippen molar-refractivity contribution in [1.82, 2.24) is 14.8 Å². The Bertz CT molecular complexity index is 2070. The minimum absolute atomic E-state index is 0.0864. The molecule has 2 bridgehead atoms. The summed E-state index contributed by atoms with van der Waals surface area (Å²) in [6, 6.07) is 12.3. The van der Waals surface area contributed by atoms with Crippen molar-refractivity contribution in [1.29, 1.82) is 0 Å². The van der Waals surface area contributed by atoms with E-state index in [9.17, 15) is 9.90 Å². The highest BCUT2D eigenvalue weighted by molar-refractivity contribution is 5.94. The monoisotopic (exact) mass is 750 g/mol. The first-order chi connectivity index (χ1) is 26.5. The van der Waals surface area contributed by atoms with Crippen LogP contribution in [0.1, 0.15) is 87.6 Å². The Morgan fingerprint density at radius 1 is 0.982 bits per heavy atom. The lowest BCUT2D eigenvalue weighted by molar-refractivity contribution is -0.188. The first kappa shape index (κ1) is 36.8. The minimum atomic E-state index is -1.73. The van der Waals surface area contributed by atoms with E-state index in [1.165, 1.54) is 19.8 Å². The van der Waals surface area contributed by atoms with Crippen LogP contribution in [0.3, 0.4) is 0 Å². The summed E-state index contributed by atoms with van der Waals surface area (Å²) in [5, 5.41) is 14.1. The molecule has 1 aliphatic carbocycles. The fourth-order valence-electron chi connectivity index (χ4n) is 13.5. The van der Waals surface area contributed by atoms with Gasteiger partial charge in [0, 0.05) is 72.1 Å². The highest BCUT2D eigenvalue weighted by atomic mass is 16.5. The number of benzene rings is 2. The number of nitrogens with one attached hydrogen (secondary N) is 1. The van der Waals surface area contributed by atoms with E-state index in [0.717, 1.165) is 117 Å². The Kier molecular flexibility index (Phi) is 8.75. The van der Waals surface area contributed by atoms with Crippen LogP contribution in [0.2, 0.25) is 0 Å². The van der Waals surface area contributed by atoms with E-state index >= 15 is 4.79 Å². The van der Waals surface area contributed by atoms with Gasteiger partial charge in [0.1, 0.15) is 11.2 Å². The molecule has 1 saturated carbocycles. The molecule has 10 nitrogen and oxygen atoms in total. The van der Waals surface area contributed by atoms with Crippen LogP contribution in [0.4, 0.5) is 5.69 Å². The van der Waals surface area contributed by atoms with E-state index in [0.29, 0.717) is 18.6 Å². The zero-order chi connectivity index (χ0) is 38.5. The normalized spacial score (nSPS) is 35.0. The lowest BCUT2D eigenvalue weighted by atomic mass is 9.47. The fraction of sp³-hybridized carbons (Fsp3) is 0.600. The molecule has 294 valence electrons. The second kappa shape index (κ2) is 13.1. The van der Waals surface area contributed by atoms with Crippen LogP contribution in [0.5, 0.6) is 5.75 Å². The number of aromatic nitrogens is 1. The first-order valence-corrected chi connectivity index (χ1v) is 20.7. The highest BCUT2D eigenvalue weighted by Crippen LogP contribution is 2.68. The molecular weight excluding hydrogens is 693 g/mol. The van der Waals surface area contributed by atoms with Crippen LogP contribution in [0, 0.1) is 11.3 Å². The van der Waals surface area contributed by atoms with Crippen molar-refractivity contribution in [3.05, 3.63) is 70.4 Å². The van der Waals surface area contributed by atoms with Crippen LogP contribution in [-0.4, -0.2) is 111 Å². The quantitative estimate of drug-likeness (QED) is 0.227. The van der Waals surface area contributed by atoms with Crippen LogP contribution in [0.25, 0.3) is 10.9 Å². The van der Waals surface area contributed by atoms with Crippen LogP contribution in [0.15, 0.2) is 48.0 Å². The molecule has 0 radical (unpaired) electrons. The van der Waals surface area contributed by atoms with Crippen LogP contribution in [-0.2, 0) is 36.3 Å². The van der Waals surface area contributed by atoms with Gasteiger partial charge in [-0.1, -0.05) is 50.1 Å². The van der Waals surface area contributed by atoms with Crippen LogP contribution < -0.4 is 9.64 Å². The highest BCUT2D eigenvalue weighted by Gasteiger charge is 2.76. The van der Waals surface area contributed by atoms with Gasteiger partial charge in [-0.05, 0) is 99.0 Å². The fourth-order valence-corrected chi connectivity index (χ4v) is 13.5. The minimum Gasteiger partial charge on any atom is -0.496 e. The number of H-pyrrole nitrogens is 1. The standard InChI is InChI=1S/C45H58N4O6/c1-7-15-42-16-11-18-49-20-17-43(38(42)49)32-22-33(36(53-4)23-35(32)47(3)39(43)45(52,27-42)41(51)55-6)44(40(50)54-5)24-29-21-28(8-2)25-48(26-29)19-14-31-30-12-9-10-13-34(30)46-37(31)44/h9-10,12-13,21-23,29,38-39,46,52H,7-8,11,14-20,24-27H2,1-6H3/t29-,38-,39+,42-,43+,44-,45+/m0/s1. The summed E-state index contributed by atoms with van der Waals surface area (Å²) in [6.07, 6.45) is 9.68. The lowest BCUT2D eigenvalue weighted by Crippen LogP contribution is -2.75. The summed E-state index contributed by atoms with van der Waals surface area (Å²) >= 11 is 0. The third-order valence-corrected chi connectivity index (χ3v) is 15.1. The molecule has 6 aliphatic rings. The molecule has 8 atom stereocenters. The Hall–Kier alpha value is -3.86. The molecule has 2 aromatic carbocycles. The number of methoxy groups -OCH3 is 3. The summed E-state index contributed by atoms with van der Waals surface area (Å²) in [5.74, 6) is -0.192. The zero-order valence-corrected chi connectivity index (χ0v) is 33.5. The topological polar surface area (TPSA) is 108 Å². The third kappa shape index (κ3) is 4.89. The molecule has 9 rings (SSSR count). The molecule has 3 fully saturated rings. The van der Waals surface area contributed by atoms with Crippen molar-refractivity contribution in [3.8, 4) is 5.75 Å². The van der Waals surface area contributed by atoms with E-state index in [1.807, 2.05) is 13.1 Å². The number of para-hydroxylation sites is 1. The van der Waals surface area contributed by atoms with E-state index in [1.54, 1.807) is 7.11 Å². The van der Waals surface area contributed by atoms with Gasteiger partial charge in [0.25, 0.3) is 0 Å². The first-order valence-electron chi connectivity index (χ1n) is 20.7. The molecule has 10 heteroatoms. The average molecular weight is 751 g/mol. The third-order valence-electron chi connectivity index (χ3n) is 15.1. The molecule has 2 saturated heterocycles. The maximum atomic E-state index is 15.2. The number of hydrogen-bond donors (Lipinski definition) is 2. The number of esters is 2. The van der Waals surface area contributed by atoms with E-state index in [2.05, 4.69) is 69.9 Å². The summed E-state index contributed by atoms with van der Waals surface area (Å²) in [7, 11) is 6.61. The molecule has 2 N–H and O–H groups in total. The van der Waals surface area contributed by atoms with E-state index in [-0.39, 0.29) is 23.3 Å². The van der Waals surface area contributed by atoms with Gasteiger partial charge in [-0.25, -0.2) is 4.79 Å². The van der Waals surface area contributed by atoms with Crippen LogP contribution >= 0.6 is 0 Å². The smallest absolute Gasteiger partial charge is 0.340 e. The number of ether oxygens (including phenoxy) is 3. The van der Waals surface area contributed by atoms with Gasteiger partial charge in [0.05, 0.1) is 27.4 Å². The number of nitrogens with zero attached hydrogens (tertiary/aromatic N) is 3. The predicted molar refractivity (Wildman–Crippen MR) is 213 cm³/mol. The number of aliphatic hydroxyl groups is 1. The van der Waals surface area contributed by atoms with Gasteiger partial charge in [-0.2, -0.15) is 0 Å². The lowest BCUT2D eigenvalue weighted by Gasteiger charge is -2.62. The van der Waals surface area contributed by atoms with Gasteiger partial charge in [-0.15, -0.1) is 0 Å². The largest absolute Gasteiger partial charge is 0.496 e. The number of carbonyl (C=O) groups is 2. The molecule has 3 aromatic rings. The van der Waals surface area contributed by atoms with Gasteiger partial charge < -0.3 is 29.2 Å². The van der Waals surface area contributed by atoms with Gasteiger partial charge in [0.2, 0.25) is 0 Å². The number of likely N-dealkylation sites (N-methyl/N-ethyl adjacent to an activating group) is 1. The zero-order valence-electron chi connectivity index (χ0n) is 33.5. The maximum absolute atomic E-state index is 15.2. The number of hydrogen-bond acceptors (Lipinski definition) is 9. The maximum Gasteiger partial charge on any atom is 0.340 e. The van der Waals surface area contributed by atoms with Gasteiger partial charge >= 0.3 is 11.9 Å². The molecule has 0 amide bonds. The second-order valence-corrected chi connectivity index (χ2v) is 17.7. The van der Waals surface area contributed by atoms with E-state index < -0.39 is 28.4 Å².